The second-order valence-corrected chi connectivity index (χ2v) is 9.32. The van der Waals surface area contributed by atoms with Crippen molar-refractivity contribution in [3.63, 3.8) is 0 Å². The first kappa shape index (κ1) is 18.3. The normalized spacial score (nSPS) is 34.8. The Hall–Kier alpha value is -1.72. The molecule has 4 aliphatic carbocycles. The summed E-state index contributed by atoms with van der Waals surface area (Å²) in [5.74, 6) is 3.37. The smallest absolute Gasteiger partial charge is 0.368 e. The van der Waals surface area contributed by atoms with Gasteiger partial charge in [0.1, 0.15) is 0 Å². The molecule has 5 aliphatic rings. The number of rotatable bonds is 2. The van der Waals surface area contributed by atoms with E-state index < -0.39 is 11.7 Å². The molecule has 6 heteroatoms. The SMILES string of the molecule is O=C(C1C2CC3CC(C2)CC1C3)N1CCN(c2cccc(C(F)(F)F)c2)CC1. The molecule has 4 bridgehead atoms. The highest BCUT2D eigenvalue weighted by atomic mass is 19.4. The Labute approximate surface area is 163 Å². The van der Waals surface area contributed by atoms with E-state index in [1.807, 2.05) is 9.80 Å². The minimum Gasteiger partial charge on any atom is -0.368 e. The molecule has 5 fully saturated rings. The summed E-state index contributed by atoms with van der Waals surface area (Å²) in [6.07, 6.45) is 1.97. The van der Waals surface area contributed by atoms with Gasteiger partial charge in [-0.25, -0.2) is 0 Å². The first-order valence-electron chi connectivity index (χ1n) is 10.6. The molecule has 28 heavy (non-hydrogen) atoms. The van der Waals surface area contributed by atoms with Crippen LogP contribution in [0.1, 0.15) is 37.7 Å². The summed E-state index contributed by atoms with van der Waals surface area (Å²) in [4.78, 5) is 17.2. The zero-order chi connectivity index (χ0) is 19.5. The maximum absolute atomic E-state index is 13.3. The maximum Gasteiger partial charge on any atom is 0.416 e. The Morgan fingerprint density at radius 1 is 0.893 bits per heavy atom. The predicted molar refractivity (Wildman–Crippen MR) is 101 cm³/mol. The second kappa shape index (κ2) is 6.67. The fraction of sp³-hybridized carbons (Fsp3) is 0.682. The Kier molecular flexibility index (Phi) is 4.36. The Morgan fingerprint density at radius 2 is 1.50 bits per heavy atom. The third-order valence-corrected chi connectivity index (χ3v) is 7.64. The van der Waals surface area contributed by atoms with E-state index in [9.17, 15) is 18.0 Å². The number of benzene rings is 1. The van der Waals surface area contributed by atoms with Gasteiger partial charge in [-0.2, -0.15) is 13.2 Å². The molecule has 0 atom stereocenters. The van der Waals surface area contributed by atoms with Crippen molar-refractivity contribution in [1.29, 1.82) is 0 Å². The number of piperazine rings is 1. The van der Waals surface area contributed by atoms with E-state index in [1.165, 1.54) is 44.2 Å². The molecular formula is C22H27F3N2O. The minimum absolute atomic E-state index is 0.202. The molecule has 1 aromatic carbocycles. The molecule has 0 N–H and O–H groups in total. The Bertz CT molecular complexity index is 726. The minimum atomic E-state index is -4.33. The molecule has 1 saturated heterocycles. The maximum atomic E-state index is 13.3. The zero-order valence-electron chi connectivity index (χ0n) is 16.0. The van der Waals surface area contributed by atoms with E-state index in [4.69, 9.17) is 0 Å². The largest absolute Gasteiger partial charge is 0.416 e. The molecule has 4 saturated carbocycles. The van der Waals surface area contributed by atoms with Gasteiger partial charge in [0.05, 0.1) is 5.56 Å². The summed E-state index contributed by atoms with van der Waals surface area (Å²) >= 11 is 0. The molecule has 6 rings (SSSR count). The van der Waals surface area contributed by atoms with Gasteiger partial charge in [-0.05, 0) is 74.0 Å². The van der Waals surface area contributed by atoms with Crippen LogP contribution in [0.25, 0.3) is 0 Å². The van der Waals surface area contributed by atoms with Crippen LogP contribution in [0.2, 0.25) is 0 Å². The van der Waals surface area contributed by atoms with Crippen molar-refractivity contribution in [3.8, 4) is 0 Å². The first-order valence-corrected chi connectivity index (χ1v) is 10.6. The van der Waals surface area contributed by atoms with E-state index in [-0.39, 0.29) is 5.92 Å². The molecule has 1 amide bonds. The lowest BCUT2D eigenvalue weighted by atomic mass is 9.51. The summed E-state index contributed by atoms with van der Waals surface area (Å²) in [6, 6.07) is 5.51. The van der Waals surface area contributed by atoms with Gasteiger partial charge in [-0.3, -0.25) is 4.79 Å². The van der Waals surface area contributed by atoms with Crippen LogP contribution in [-0.4, -0.2) is 37.0 Å². The van der Waals surface area contributed by atoms with Crippen LogP contribution in [0.15, 0.2) is 24.3 Å². The third-order valence-electron chi connectivity index (χ3n) is 7.64. The summed E-state index contributed by atoms with van der Waals surface area (Å²) in [7, 11) is 0. The average molecular weight is 392 g/mol. The number of hydrogen-bond acceptors (Lipinski definition) is 2. The van der Waals surface area contributed by atoms with Gasteiger partial charge in [-0.1, -0.05) is 6.07 Å². The predicted octanol–water partition coefficient (Wildman–Crippen LogP) is 4.43. The van der Waals surface area contributed by atoms with Gasteiger partial charge in [0.2, 0.25) is 5.91 Å². The first-order chi connectivity index (χ1) is 13.4. The highest BCUT2D eigenvalue weighted by molar-refractivity contribution is 5.80. The number of carbonyl (C=O) groups is 1. The van der Waals surface area contributed by atoms with Gasteiger partial charge in [-0.15, -0.1) is 0 Å². The van der Waals surface area contributed by atoms with Gasteiger partial charge in [0.15, 0.2) is 0 Å². The van der Waals surface area contributed by atoms with Crippen molar-refractivity contribution in [2.45, 2.75) is 38.3 Å². The number of halogens is 3. The van der Waals surface area contributed by atoms with Crippen molar-refractivity contribution < 1.29 is 18.0 Å². The van der Waals surface area contributed by atoms with Gasteiger partial charge >= 0.3 is 6.18 Å². The van der Waals surface area contributed by atoms with E-state index in [2.05, 4.69) is 0 Å². The third kappa shape index (κ3) is 3.18. The summed E-state index contributed by atoms with van der Waals surface area (Å²) in [6.45, 7) is 2.41. The monoisotopic (exact) mass is 392 g/mol. The van der Waals surface area contributed by atoms with Crippen LogP contribution in [0.5, 0.6) is 0 Å². The fourth-order valence-electron chi connectivity index (χ4n) is 6.60. The van der Waals surface area contributed by atoms with Crippen LogP contribution in [0, 0.1) is 29.6 Å². The molecule has 0 unspecified atom stereocenters. The van der Waals surface area contributed by atoms with Gasteiger partial charge in [0.25, 0.3) is 0 Å². The highest BCUT2D eigenvalue weighted by Gasteiger charge is 2.51. The van der Waals surface area contributed by atoms with Crippen LogP contribution in [0.3, 0.4) is 0 Å². The second-order valence-electron chi connectivity index (χ2n) is 9.32. The lowest BCUT2D eigenvalue weighted by molar-refractivity contribution is -0.149. The van der Waals surface area contributed by atoms with E-state index in [1.54, 1.807) is 6.07 Å². The van der Waals surface area contributed by atoms with E-state index >= 15 is 0 Å². The Balaban J connectivity index is 1.23. The summed E-state index contributed by atoms with van der Waals surface area (Å²) in [5.41, 5.74) is -0.0198. The lowest BCUT2D eigenvalue weighted by Gasteiger charge is -2.54. The Morgan fingerprint density at radius 3 is 2.07 bits per heavy atom. The van der Waals surface area contributed by atoms with Crippen molar-refractivity contribution in [3.05, 3.63) is 29.8 Å². The molecule has 1 aromatic rings. The number of amides is 1. The quantitative estimate of drug-likeness (QED) is 0.744. The van der Waals surface area contributed by atoms with Crippen LogP contribution in [0.4, 0.5) is 18.9 Å². The molecular weight excluding hydrogens is 365 g/mol. The number of alkyl halides is 3. The molecule has 1 aliphatic heterocycles. The van der Waals surface area contributed by atoms with Crippen LogP contribution < -0.4 is 4.90 Å². The average Bonchev–Trinajstić information content (AvgIpc) is 2.66. The van der Waals surface area contributed by atoms with Gasteiger partial charge < -0.3 is 9.80 Å². The van der Waals surface area contributed by atoms with Crippen LogP contribution >= 0.6 is 0 Å². The fourth-order valence-corrected chi connectivity index (χ4v) is 6.60. The molecule has 0 radical (unpaired) electrons. The standard InChI is InChI=1S/C22H27F3N2O/c23-22(24,25)18-2-1-3-19(13-18)26-4-6-27(7-5-26)21(28)20-16-9-14-8-15(11-16)12-17(20)10-14/h1-3,13-17,20H,4-12H2. The number of anilines is 1. The topological polar surface area (TPSA) is 23.6 Å². The van der Waals surface area contributed by atoms with Crippen LogP contribution in [-0.2, 0) is 11.0 Å². The zero-order valence-corrected chi connectivity index (χ0v) is 16.0. The number of hydrogen-bond donors (Lipinski definition) is 0. The lowest BCUT2D eigenvalue weighted by Crippen LogP contribution is -2.56. The summed E-state index contributed by atoms with van der Waals surface area (Å²) in [5, 5.41) is 0. The van der Waals surface area contributed by atoms with E-state index in [0.717, 1.165) is 17.9 Å². The van der Waals surface area contributed by atoms with E-state index in [0.29, 0.717) is 49.6 Å². The van der Waals surface area contributed by atoms with Crippen molar-refractivity contribution in [2.75, 3.05) is 31.1 Å². The van der Waals surface area contributed by atoms with Gasteiger partial charge in [0, 0.05) is 37.8 Å². The van der Waals surface area contributed by atoms with Crippen molar-refractivity contribution in [2.24, 2.45) is 29.6 Å². The number of carbonyl (C=O) groups excluding carboxylic acids is 1. The van der Waals surface area contributed by atoms with Crippen molar-refractivity contribution in [1.82, 2.24) is 4.90 Å². The van der Waals surface area contributed by atoms with Crippen molar-refractivity contribution >= 4 is 11.6 Å². The number of nitrogens with zero attached hydrogens (tertiary/aromatic N) is 2. The summed E-state index contributed by atoms with van der Waals surface area (Å²) < 4.78 is 38.9. The molecule has 0 spiro atoms. The highest BCUT2D eigenvalue weighted by Crippen LogP contribution is 2.56. The molecule has 152 valence electrons. The molecule has 0 aromatic heterocycles. The molecule has 1 heterocycles. The molecule has 3 nitrogen and oxygen atoms in total.